The smallest absolute Gasteiger partial charge is 0.153 e. The van der Waals surface area contributed by atoms with Crippen molar-refractivity contribution in [3.63, 3.8) is 0 Å². The zero-order valence-electron chi connectivity index (χ0n) is 11.2. The molecule has 0 fully saturated rings. The molecule has 3 rings (SSSR count). The van der Waals surface area contributed by atoms with E-state index in [1.165, 1.54) is 0 Å². The number of aromatic amines is 1. The van der Waals surface area contributed by atoms with E-state index in [0.717, 1.165) is 28.2 Å². The van der Waals surface area contributed by atoms with Gasteiger partial charge in [-0.1, -0.05) is 24.3 Å². The molecule has 1 heterocycles. The molecule has 102 valence electrons. The first-order chi connectivity index (χ1) is 9.76. The third kappa shape index (κ3) is 2.51. The van der Waals surface area contributed by atoms with Gasteiger partial charge < -0.3 is 14.8 Å². The minimum Gasteiger partial charge on any atom is -0.483 e. The molecule has 1 aromatic heterocycles. The number of nitrogens with one attached hydrogen (secondary N) is 1. The summed E-state index contributed by atoms with van der Waals surface area (Å²) in [6, 6.07) is 15.3. The monoisotopic (exact) mass is 268 g/mol. The maximum Gasteiger partial charge on any atom is 0.153 e. The first-order valence-corrected chi connectivity index (χ1v) is 6.57. The van der Waals surface area contributed by atoms with E-state index in [4.69, 9.17) is 9.84 Å². The maximum atomic E-state index is 9.13. The molecular formula is C16H16N2O2. The Morgan fingerprint density at radius 3 is 2.85 bits per heavy atom. The van der Waals surface area contributed by atoms with Crippen LogP contribution in [0.1, 0.15) is 24.4 Å². The Morgan fingerprint density at radius 1 is 1.20 bits per heavy atom. The lowest BCUT2D eigenvalue weighted by molar-refractivity contribution is 0.216. The summed E-state index contributed by atoms with van der Waals surface area (Å²) in [7, 11) is 0. The third-order valence-corrected chi connectivity index (χ3v) is 3.19. The van der Waals surface area contributed by atoms with Crippen LogP contribution in [0.25, 0.3) is 11.0 Å². The number of aliphatic hydroxyl groups excluding tert-OH is 1. The van der Waals surface area contributed by atoms with Gasteiger partial charge in [0.25, 0.3) is 0 Å². The fraction of sp³-hybridized carbons (Fsp3) is 0.188. The Bertz CT molecular complexity index is 688. The van der Waals surface area contributed by atoms with Crippen molar-refractivity contribution in [3.05, 3.63) is 59.9 Å². The van der Waals surface area contributed by atoms with Crippen LogP contribution in [0.3, 0.4) is 0 Å². The molecule has 2 aromatic carbocycles. The molecule has 0 aliphatic carbocycles. The average molecular weight is 268 g/mol. The number of benzene rings is 2. The van der Waals surface area contributed by atoms with Gasteiger partial charge in [0.15, 0.2) is 6.10 Å². The standard InChI is InChI=1S/C16H16N2O2/c1-11(20-13-6-4-5-12(9-13)10-19)16-17-14-7-2-3-8-15(14)18-16/h2-9,11,19H,10H2,1H3,(H,17,18). The quantitative estimate of drug-likeness (QED) is 0.764. The molecule has 0 bridgehead atoms. The van der Waals surface area contributed by atoms with Crippen LogP contribution in [0.2, 0.25) is 0 Å². The van der Waals surface area contributed by atoms with Gasteiger partial charge in [-0.05, 0) is 36.8 Å². The summed E-state index contributed by atoms with van der Waals surface area (Å²) in [5.74, 6) is 1.52. The number of nitrogens with zero attached hydrogens (tertiary/aromatic N) is 1. The Kier molecular flexibility index (Phi) is 3.39. The molecule has 0 aliphatic rings. The molecule has 0 spiro atoms. The summed E-state index contributed by atoms with van der Waals surface area (Å²) in [6.07, 6.45) is -0.184. The van der Waals surface area contributed by atoms with Crippen molar-refractivity contribution in [3.8, 4) is 5.75 Å². The van der Waals surface area contributed by atoms with Crippen molar-refractivity contribution in [2.75, 3.05) is 0 Å². The zero-order valence-corrected chi connectivity index (χ0v) is 11.2. The average Bonchev–Trinajstić information content (AvgIpc) is 2.91. The molecule has 4 heteroatoms. The number of imidazole rings is 1. The van der Waals surface area contributed by atoms with Crippen molar-refractivity contribution in [1.29, 1.82) is 0 Å². The molecule has 0 amide bonds. The van der Waals surface area contributed by atoms with Gasteiger partial charge in [0.05, 0.1) is 17.6 Å². The lowest BCUT2D eigenvalue weighted by Gasteiger charge is -2.12. The van der Waals surface area contributed by atoms with Gasteiger partial charge in [0.2, 0.25) is 0 Å². The number of rotatable bonds is 4. The van der Waals surface area contributed by atoms with Crippen LogP contribution in [-0.2, 0) is 6.61 Å². The number of para-hydroxylation sites is 2. The summed E-state index contributed by atoms with van der Waals surface area (Å²) in [5, 5.41) is 9.13. The minimum atomic E-state index is -0.184. The van der Waals surface area contributed by atoms with Gasteiger partial charge in [-0.3, -0.25) is 0 Å². The number of aliphatic hydroxyl groups is 1. The highest BCUT2D eigenvalue weighted by molar-refractivity contribution is 5.74. The van der Waals surface area contributed by atoms with E-state index < -0.39 is 0 Å². The Labute approximate surface area is 117 Å². The fourth-order valence-corrected chi connectivity index (χ4v) is 2.14. The number of hydrogen-bond donors (Lipinski definition) is 2. The van der Waals surface area contributed by atoms with Gasteiger partial charge in [-0.25, -0.2) is 4.98 Å². The molecule has 0 saturated heterocycles. The summed E-state index contributed by atoms with van der Waals surface area (Å²) < 4.78 is 5.87. The Morgan fingerprint density at radius 2 is 2.05 bits per heavy atom. The van der Waals surface area contributed by atoms with E-state index in [1.807, 2.05) is 55.5 Å². The van der Waals surface area contributed by atoms with E-state index in [1.54, 1.807) is 0 Å². The number of hydrogen-bond acceptors (Lipinski definition) is 3. The highest BCUT2D eigenvalue weighted by Crippen LogP contribution is 2.22. The molecule has 4 nitrogen and oxygen atoms in total. The van der Waals surface area contributed by atoms with Crippen molar-refractivity contribution >= 4 is 11.0 Å². The SMILES string of the molecule is CC(Oc1cccc(CO)c1)c1nc2ccccc2[nH]1. The van der Waals surface area contributed by atoms with E-state index in [9.17, 15) is 0 Å². The topological polar surface area (TPSA) is 58.1 Å². The molecule has 2 N–H and O–H groups in total. The van der Waals surface area contributed by atoms with Crippen molar-refractivity contribution in [2.45, 2.75) is 19.6 Å². The molecule has 0 aliphatic heterocycles. The first kappa shape index (κ1) is 12.7. The Balaban J connectivity index is 1.82. The second-order valence-corrected chi connectivity index (χ2v) is 4.70. The minimum absolute atomic E-state index is 0.0101. The fourth-order valence-electron chi connectivity index (χ4n) is 2.14. The normalized spacial score (nSPS) is 12.5. The van der Waals surface area contributed by atoms with Crippen LogP contribution < -0.4 is 4.74 Å². The molecule has 1 unspecified atom stereocenters. The van der Waals surface area contributed by atoms with Gasteiger partial charge in [0.1, 0.15) is 11.6 Å². The van der Waals surface area contributed by atoms with Crippen LogP contribution in [0, 0.1) is 0 Å². The molecule has 1 atom stereocenters. The van der Waals surface area contributed by atoms with Gasteiger partial charge in [-0.15, -0.1) is 0 Å². The Hall–Kier alpha value is -2.33. The number of H-pyrrole nitrogens is 1. The van der Waals surface area contributed by atoms with Crippen molar-refractivity contribution in [1.82, 2.24) is 9.97 Å². The maximum absolute atomic E-state index is 9.13. The zero-order chi connectivity index (χ0) is 13.9. The molecule has 0 radical (unpaired) electrons. The second-order valence-electron chi connectivity index (χ2n) is 4.70. The molecule has 20 heavy (non-hydrogen) atoms. The predicted octanol–water partition coefficient (Wildman–Crippen LogP) is 3.20. The first-order valence-electron chi connectivity index (χ1n) is 6.57. The van der Waals surface area contributed by atoms with Crippen molar-refractivity contribution < 1.29 is 9.84 Å². The van der Waals surface area contributed by atoms with Gasteiger partial charge >= 0.3 is 0 Å². The highest BCUT2D eigenvalue weighted by Gasteiger charge is 2.12. The van der Waals surface area contributed by atoms with Gasteiger partial charge in [-0.2, -0.15) is 0 Å². The van der Waals surface area contributed by atoms with E-state index >= 15 is 0 Å². The van der Waals surface area contributed by atoms with Crippen molar-refractivity contribution in [2.24, 2.45) is 0 Å². The number of fused-ring (bicyclic) bond motifs is 1. The predicted molar refractivity (Wildman–Crippen MR) is 77.5 cm³/mol. The number of aromatic nitrogens is 2. The lowest BCUT2D eigenvalue weighted by Crippen LogP contribution is -2.05. The van der Waals surface area contributed by atoms with Gasteiger partial charge in [0, 0.05) is 0 Å². The van der Waals surface area contributed by atoms with Crippen LogP contribution in [0.5, 0.6) is 5.75 Å². The second kappa shape index (κ2) is 5.35. The summed E-state index contributed by atoms with van der Waals surface area (Å²) in [6.45, 7) is 1.96. The largest absolute Gasteiger partial charge is 0.483 e. The van der Waals surface area contributed by atoms with Crippen LogP contribution >= 0.6 is 0 Å². The lowest BCUT2D eigenvalue weighted by atomic mass is 10.2. The summed E-state index contributed by atoms with van der Waals surface area (Å²) in [4.78, 5) is 7.78. The van der Waals surface area contributed by atoms with E-state index in [2.05, 4.69) is 9.97 Å². The van der Waals surface area contributed by atoms with E-state index in [0.29, 0.717) is 0 Å². The summed E-state index contributed by atoms with van der Waals surface area (Å²) in [5.41, 5.74) is 2.77. The molecular weight excluding hydrogens is 252 g/mol. The van der Waals surface area contributed by atoms with Crippen LogP contribution in [0.4, 0.5) is 0 Å². The van der Waals surface area contributed by atoms with Crippen LogP contribution in [-0.4, -0.2) is 15.1 Å². The van der Waals surface area contributed by atoms with E-state index in [-0.39, 0.29) is 12.7 Å². The van der Waals surface area contributed by atoms with Crippen LogP contribution in [0.15, 0.2) is 48.5 Å². The highest BCUT2D eigenvalue weighted by atomic mass is 16.5. The molecule has 3 aromatic rings. The molecule has 0 saturated carbocycles. The third-order valence-electron chi connectivity index (χ3n) is 3.19. The number of ether oxygens (including phenoxy) is 1. The summed E-state index contributed by atoms with van der Waals surface area (Å²) >= 11 is 0.